The summed E-state index contributed by atoms with van der Waals surface area (Å²) in [6.07, 6.45) is 4.13. The molecule has 214 valence electrons. The first-order valence-corrected chi connectivity index (χ1v) is 14.1. The topological polar surface area (TPSA) is 12.5 Å². The minimum Gasteiger partial charge on any atom is -0.489 e. The number of halogens is 2. The third-order valence-electron chi connectivity index (χ3n) is 8.21. The lowest BCUT2D eigenvalue weighted by Crippen LogP contribution is -2.30. The van der Waals surface area contributed by atoms with E-state index < -0.39 is 0 Å². The van der Waals surface area contributed by atoms with Crippen LogP contribution in [0.3, 0.4) is 0 Å². The van der Waals surface area contributed by atoms with Gasteiger partial charge in [-0.15, -0.1) is 0 Å². The molecule has 2 aliphatic rings. The highest BCUT2D eigenvalue weighted by Gasteiger charge is 2.32. The summed E-state index contributed by atoms with van der Waals surface area (Å²) in [5, 5.41) is 0. The number of rotatable bonds is 6. The van der Waals surface area contributed by atoms with Crippen molar-refractivity contribution in [3.05, 3.63) is 143 Å². The van der Waals surface area contributed by atoms with Crippen molar-refractivity contribution in [2.75, 3.05) is 25.2 Å². The number of hydrogen-bond acceptors (Lipinski definition) is 2. The molecule has 1 unspecified atom stereocenters. The molecule has 2 atom stereocenters. The minimum atomic E-state index is -0.185. The average molecular weight is 554 g/mol. The van der Waals surface area contributed by atoms with E-state index in [1.165, 1.54) is 33.5 Å². The Kier molecular flexibility index (Phi) is 10.3. The molecule has 0 radical (unpaired) electrons. The Morgan fingerprint density at radius 1 is 0.805 bits per heavy atom. The molecule has 0 bridgehead atoms. The van der Waals surface area contributed by atoms with Gasteiger partial charge in [0.15, 0.2) is 0 Å². The number of benzene rings is 4. The predicted octanol–water partition coefficient (Wildman–Crippen LogP) is 9.64. The summed E-state index contributed by atoms with van der Waals surface area (Å²) in [5.41, 5.74) is 8.99. The first-order valence-electron chi connectivity index (χ1n) is 14.1. The van der Waals surface area contributed by atoms with Crippen LogP contribution in [0.4, 0.5) is 14.5 Å². The van der Waals surface area contributed by atoms with Crippen LogP contribution in [0, 0.1) is 5.82 Å². The van der Waals surface area contributed by atoms with Crippen molar-refractivity contribution < 1.29 is 13.5 Å². The average Bonchev–Trinajstić information content (AvgIpc) is 3.02. The lowest BCUT2D eigenvalue weighted by molar-refractivity contribution is 0.305. The second-order valence-electron chi connectivity index (χ2n) is 10.6. The van der Waals surface area contributed by atoms with Crippen molar-refractivity contribution in [3.8, 4) is 5.75 Å². The molecule has 1 saturated heterocycles. The van der Waals surface area contributed by atoms with E-state index in [2.05, 4.69) is 66.1 Å². The Balaban J connectivity index is 0.00000126. The Morgan fingerprint density at radius 3 is 2.15 bits per heavy atom. The highest BCUT2D eigenvalue weighted by Crippen LogP contribution is 2.47. The molecule has 6 rings (SSSR count). The normalized spacial score (nSPS) is 17.9. The molecular weight excluding hydrogens is 512 g/mol. The van der Waals surface area contributed by atoms with Crippen LogP contribution < -0.4 is 9.64 Å². The third kappa shape index (κ3) is 7.05. The largest absolute Gasteiger partial charge is 0.489 e. The van der Waals surface area contributed by atoms with Gasteiger partial charge < -0.3 is 9.64 Å². The maximum Gasteiger partial charge on any atom is 0.123 e. The van der Waals surface area contributed by atoms with E-state index >= 15 is 0 Å². The third-order valence-corrected chi connectivity index (χ3v) is 8.21. The van der Waals surface area contributed by atoms with E-state index in [9.17, 15) is 8.78 Å². The van der Waals surface area contributed by atoms with Gasteiger partial charge in [-0.05, 0) is 95.8 Å². The number of anilines is 1. The maximum atomic E-state index is 13.8. The summed E-state index contributed by atoms with van der Waals surface area (Å²) in [6.45, 7) is 6.79. The maximum absolute atomic E-state index is 13.8. The summed E-state index contributed by atoms with van der Waals surface area (Å²) in [7, 11) is 0.500. The number of hydrogen-bond donors (Lipinski definition) is 0. The fourth-order valence-electron chi connectivity index (χ4n) is 6.08. The quantitative estimate of drug-likeness (QED) is 0.220. The van der Waals surface area contributed by atoms with Crippen molar-refractivity contribution in [3.63, 3.8) is 0 Å². The van der Waals surface area contributed by atoms with Crippen LogP contribution in [0.25, 0.3) is 0 Å². The molecule has 1 fully saturated rings. The predicted molar refractivity (Wildman–Crippen MR) is 167 cm³/mol. The standard InChI is InChI=1S/C35H34FNO.CH3F.CH4/c1-25-19-21-37(22-20-25)31-14-9-28(10-15-31)35-33(27-7-12-30(36)13-8-27)17-11-29-23-32(16-18-34(29)35)38-24-26-5-3-2-4-6-26;1-2;/h2-10,12-16,18,23,33,35H,1,11,17,19-22,24H2;1H3;1H4/t33-,35?;;/m1../s1. The zero-order valence-corrected chi connectivity index (χ0v) is 23.2. The highest BCUT2D eigenvalue weighted by atomic mass is 19.1. The Bertz CT molecular complexity index is 1390. The molecule has 0 saturated carbocycles. The molecule has 0 N–H and O–H groups in total. The van der Waals surface area contributed by atoms with Gasteiger partial charge in [0.2, 0.25) is 0 Å². The van der Waals surface area contributed by atoms with E-state index in [0.29, 0.717) is 19.7 Å². The highest BCUT2D eigenvalue weighted by molar-refractivity contribution is 5.53. The molecule has 41 heavy (non-hydrogen) atoms. The zero-order valence-electron chi connectivity index (χ0n) is 23.2. The van der Waals surface area contributed by atoms with E-state index in [0.717, 1.165) is 50.1 Å². The van der Waals surface area contributed by atoms with Gasteiger partial charge in [-0.25, -0.2) is 4.39 Å². The molecule has 1 aliphatic carbocycles. The number of ether oxygens (including phenoxy) is 1. The van der Waals surface area contributed by atoms with Crippen LogP contribution >= 0.6 is 0 Å². The van der Waals surface area contributed by atoms with Gasteiger partial charge in [0.05, 0.1) is 7.18 Å². The Hall–Kier alpha value is -3.92. The second kappa shape index (κ2) is 14.1. The lowest BCUT2D eigenvalue weighted by Gasteiger charge is -2.35. The molecule has 0 amide bonds. The lowest BCUT2D eigenvalue weighted by atomic mass is 9.69. The SMILES string of the molecule is C.C=C1CCN(c2ccc(C3c4ccc(OCc5ccccc5)cc4CC[C@@H]3c3ccc(F)cc3)cc2)CC1.CF. The van der Waals surface area contributed by atoms with Gasteiger partial charge in [-0.1, -0.05) is 80.2 Å². The summed E-state index contributed by atoms with van der Waals surface area (Å²) in [4.78, 5) is 2.46. The van der Waals surface area contributed by atoms with Gasteiger partial charge in [0, 0.05) is 24.7 Å². The smallest absolute Gasteiger partial charge is 0.123 e. The van der Waals surface area contributed by atoms with Crippen molar-refractivity contribution >= 4 is 5.69 Å². The molecule has 4 aromatic carbocycles. The molecule has 1 heterocycles. The van der Waals surface area contributed by atoms with Crippen molar-refractivity contribution in [1.82, 2.24) is 0 Å². The monoisotopic (exact) mass is 553 g/mol. The fourth-order valence-corrected chi connectivity index (χ4v) is 6.08. The summed E-state index contributed by atoms with van der Waals surface area (Å²) >= 11 is 0. The number of alkyl halides is 1. The summed E-state index contributed by atoms with van der Waals surface area (Å²) < 4.78 is 29.4. The van der Waals surface area contributed by atoms with Gasteiger partial charge >= 0.3 is 0 Å². The number of aryl methyl sites for hydroxylation is 1. The first-order chi connectivity index (χ1) is 19.6. The Morgan fingerprint density at radius 2 is 1.46 bits per heavy atom. The van der Waals surface area contributed by atoms with Crippen LogP contribution in [0.15, 0.2) is 109 Å². The fraction of sp³-hybridized carbons (Fsp3) is 0.297. The van der Waals surface area contributed by atoms with E-state index in [1.807, 2.05) is 30.3 Å². The van der Waals surface area contributed by atoms with Gasteiger partial charge in [0.1, 0.15) is 18.2 Å². The second-order valence-corrected chi connectivity index (χ2v) is 10.6. The van der Waals surface area contributed by atoms with Crippen LogP contribution in [-0.4, -0.2) is 20.3 Å². The molecule has 0 aromatic heterocycles. The molecular formula is C37H41F2NO. The minimum absolute atomic E-state index is 0. The van der Waals surface area contributed by atoms with Crippen LogP contribution in [-0.2, 0) is 13.0 Å². The van der Waals surface area contributed by atoms with E-state index in [4.69, 9.17) is 4.74 Å². The van der Waals surface area contributed by atoms with Crippen LogP contribution in [0.1, 0.15) is 66.3 Å². The Labute approximate surface area is 244 Å². The summed E-state index contributed by atoms with van der Waals surface area (Å²) in [6, 6.07) is 33.1. The first kappa shape index (κ1) is 30.0. The van der Waals surface area contributed by atoms with Crippen LogP contribution in [0.2, 0.25) is 0 Å². The zero-order chi connectivity index (χ0) is 27.9. The number of nitrogens with zero attached hydrogens (tertiary/aromatic N) is 1. The number of fused-ring (bicyclic) bond motifs is 1. The molecule has 1 aliphatic heterocycles. The molecule has 2 nitrogen and oxygen atoms in total. The van der Waals surface area contributed by atoms with Gasteiger partial charge in [-0.2, -0.15) is 0 Å². The van der Waals surface area contributed by atoms with Crippen molar-refractivity contribution in [2.24, 2.45) is 0 Å². The number of piperidine rings is 1. The van der Waals surface area contributed by atoms with Gasteiger partial charge in [-0.3, -0.25) is 4.39 Å². The van der Waals surface area contributed by atoms with Crippen LogP contribution in [0.5, 0.6) is 5.75 Å². The molecule has 4 aromatic rings. The molecule has 0 spiro atoms. The van der Waals surface area contributed by atoms with Gasteiger partial charge in [0.25, 0.3) is 0 Å². The van der Waals surface area contributed by atoms with E-state index in [1.54, 1.807) is 12.1 Å². The van der Waals surface area contributed by atoms with Crippen molar-refractivity contribution in [2.45, 2.75) is 51.6 Å². The molecule has 4 heteroatoms. The summed E-state index contributed by atoms with van der Waals surface area (Å²) in [5.74, 6) is 1.23. The van der Waals surface area contributed by atoms with Crippen molar-refractivity contribution in [1.29, 1.82) is 0 Å². The van der Waals surface area contributed by atoms with E-state index in [-0.39, 0.29) is 19.2 Å².